The number of anilines is 1. The zero-order valence-electron chi connectivity index (χ0n) is 12.8. The van der Waals surface area contributed by atoms with Gasteiger partial charge in [0.2, 0.25) is 0 Å². The number of nitro benzene ring substituents is 2. The fourth-order valence-electron chi connectivity index (χ4n) is 1.60. The molecule has 0 atom stereocenters. The molecule has 0 saturated carbocycles. The zero-order chi connectivity index (χ0) is 18.3. The van der Waals surface area contributed by atoms with Crippen molar-refractivity contribution < 1.29 is 24.7 Å². The van der Waals surface area contributed by atoms with E-state index in [-0.39, 0.29) is 0 Å². The maximum Gasteiger partial charge on any atom is 0.276 e. The van der Waals surface area contributed by atoms with Crippen LogP contribution in [0.5, 0.6) is 0 Å². The molecule has 10 heteroatoms. The summed E-state index contributed by atoms with van der Waals surface area (Å²) >= 11 is 0. The maximum absolute atomic E-state index is 10.4. The number of pyridine rings is 1. The highest BCUT2D eigenvalue weighted by molar-refractivity contribution is 5.87. The molecule has 0 spiro atoms. The van der Waals surface area contributed by atoms with Gasteiger partial charge in [0.15, 0.2) is 12.4 Å². The number of aromatic nitrogens is 1. The highest BCUT2D eigenvalue weighted by atomic mass is 16.6. The van der Waals surface area contributed by atoms with Crippen molar-refractivity contribution in [3.8, 4) is 0 Å². The molecule has 1 heterocycles. The Morgan fingerprint density at radius 2 is 1.46 bits per heavy atom. The van der Waals surface area contributed by atoms with Gasteiger partial charge in [-0.3, -0.25) is 20.2 Å². The summed E-state index contributed by atoms with van der Waals surface area (Å²) in [5.41, 5.74) is -0.712. The van der Waals surface area contributed by atoms with Crippen molar-refractivity contribution in [1.29, 1.82) is 0 Å². The molecular weight excluding hydrogens is 320 g/mol. The monoisotopic (exact) mass is 334 g/mol. The quantitative estimate of drug-likeness (QED) is 0.582. The number of carbonyl (C=O) groups excluding carboxylic acids is 1. The molecule has 0 amide bonds. The Balaban J connectivity index is 0.000000272. The van der Waals surface area contributed by atoms with E-state index >= 15 is 0 Å². The highest BCUT2D eigenvalue weighted by Crippen LogP contribution is 2.22. The molecule has 0 saturated heterocycles. The Bertz CT molecular complexity index is 669. The van der Waals surface area contributed by atoms with E-state index in [1.165, 1.54) is 5.69 Å². The Labute approximate surface area is 136 Å². The molecule has 1 aromatic carbocycles. The van der Waals surface area contributed by atoms with E-state index in [4.69, 9.17) is 0 Å². The van der Waals surface area contributed by atoms with Gasteiger partial charge in [0.1, 0.15) is 0 Å². The van der Waals surface area contributed by atoms with E-state index in [0.717, 1.165) is 0 Å². The molecule has 126 valence electrons. The van der Waals surface area contributed by atoms with Gasteiger partial charge in [-0.1, -0.05) is 0 Å². The Morgan fingerprint density at radius 3 is 1.75 bits per heavy atom. The van der Waals surface area contributed by atoms with E-state index < -0.39 is 32.8 Å². The van der Waals surface area contributed by atoms with Gasteiger partial charge < -0.3 is 14.8 Å². The van der Waals surface area contributed by atoms with Crippen LogP contribution in [0.25, 0.3) is 0 Å². The lowest BCUT2D eigenvalue weighted by Crippen LogP contribution is -2.22. The standard InChI is InChI=1S/C7H4N2O6.C7H10N2/c10-7(11)4-1-5(8(12)13)3-6(2-4)9(14)15;1-9(2)7-3-5-8-6-4-7/h1-3H,(H,10,11);3-6H,1-2H3. The predicted octanol–water partition coefficient (Wildman–Crippen LogP) is 0.433. The molecule has 0 bridgehead atoms. The molecule has 0 radical (unpaired) electrons. The third kappa shape index (κ3) is 5.33. The second kappa shape index (κ2) is 8.17. The number of carboxylic acid groups (broad SMARTS) is 1. The van der Waals surface area contributed by atoms with Crippen LogP contribution in [0.4, 0.5) is 17.1 Å². The average Bonchev–Trinajstić information content (AvgIpc) is 2.55. The van der Waals surface area contributed by atoms with Crippen molar-refractivity contribution >= 4 is 23.0 Å². The van der Waals surface area contributed by atoms with Crippen LogP contribution in [0, 0.1) is 20.2 Å². The topological polar surface area (TPSA) is 144 Å². The Morgan fingerprint density at radius 1 is 1.00 bits per heavy atom. The number of aromatic carboxylic acids is 1. The van der Waals surface area contributed by atoms with Gasteiger partial charge in [0, 0.05) is 49.6 Å². The molecule has 10 nitrogen and oxygen atoms in total. The first-order valence-electron chi connectivity index (χ1n) is 6.51. The van der Waals surface area contributed by atoms with Crippen LogP contribution in [0.3, 0.4) is 0 Å². The molecule has 2 aromatic rings. The summed E-state index contributed by atoms with van der Waals surface area (Å²) in [6.45, 7) is 0. The number of rotatable bonds is 4. The molecular formula is C14H14N4O6. The molecule has 0 unspecified atom stereocenters. The van der Waals surface area contributed by atoms with Gasteiger partial charge in [-0.15, -0.1) is 0 Å². The number of hydrogen-bond acceptors (Lipinski definition) is 7. The fraction of sp³-hybridized carbons (Fsp3) is 0.143. The average molecular weight is 334 g/mol. The molecule has 1 N–H and O–H groups in total. The third-order valence-electron chi connectivity index (χ3n) is 2.78. The molecule has 0 aliphatic rings. The van der Waals surface area contributed by atoms with E-state index in [1.54, 1.807) is 0 Å². The molecule has 1 aromatic heterocycles. The van der Waals surface area contributed by atoms with Crippen LogP contribution in [-0.2, 0) is 0 Å². The largest absolute Gasteiger partial charge is 0.545 e. The van der Waals surface area contributed by atoms with Crippen LogP contribution in [0.2, 0.25) is 0 Å². The van der Waals surface area contributed by atoms with Crippen molar-refractivity contribution in [3.05, 3.63) is 68.5 Å². The second-order valence-corrected chi connectivity index (χ2v) is 4.69. The first kappa shape index (κ1) is 18.5. The van der Waals surface area contributed by atoms with Crippen molar-refractivity contribution in [3.63, 3.8) is 0 Å². The van der Waals surface area contributed by atoms with E-state index in [2.05, 4.69) is 9.88 Å². The fourth-order valence-corrected chi connectivity index (χ4v) is 1.60. The highest BCUT2D eigenvalue weighted by Gasteiger charge is 2.16. The van der Waals surface area contributed by atoms with E-state index in [1.807, 2.05) is 38.6 Å². The number of hydrogen-bond donors (Lipinski definition) is 0. The number of aromatic amines is 1. The lowest BCUT2D eigenvalue weighted by Gasteiger charge is -2.08. The van der Waals surface area contributed by atoms with Gasteiger partial charge >= 0.3 is 0 Å². The van der Waals surface area contributed by atoms with Gasteiger partial charge in [0.05, 0.1) is 21.9 Å². The summed E-state index contributed by atoms with van der Waals surface area (Å²) in [7, 11) is 4.05. The minimum atomic E-state index is -1.71. The predicted molar refractivity (Wildman–Crippen MR) is 81.4 cm³/mol. The van der Waals surface area contributed by atoms with Crippen molar-refractivity contribution in [2.75, 3.05) is 19.0 Å². The van der Waals surface area contributed by atoms with Gasteiger partial charge in [-0.25, -0.2) is 4.98 Å². The van der Waals surface area contributed by atoms with E-state index in [0.29, 0.717) is 18.2 Å². The summed E-state index contributed by atoms with van der Waals surface area (Å²) in [6.07, 6.45) is 3.82. The van der Waals surface area contributed by atoms with Crippen LogP contribution in [0.15, 0.2) is 42.7 Å². The summed E-state index contributed by atoms with van der Waals surface area (Å²) in [4.78, 5) is 34.2. The first-order valence-corrected chi connectivity index (χ1v) is 6.51. The van der Waals surface area contributed by atoms with Gasteiger partial charge in [-0.05, 0) is 0 Å². The summed E-state index contributed by atoms with van der Waals surface area (Å²) < 4.78 is 0. The van der Waals surface area contributed by atoms with Crippen LogP contribution in [-0.4, -0.2) is 29.9 Å². The summed E-state index contributed by atoms with van der Waals surface area (Å²) in [5.74, 6) is -1.71. The number of H-pyrrole nitrogens is 1. The lowest BCUT2D eigenvalue weighted by molar-refractivity contribution is -0.394. The molecule has 24 heavy (non-hydrogen) atoms. The molecule has 0 aliphatic carbocycles. The minimum Gasteiger partial charge on any atom is -0.545 e. The molecule has 0 aliphatic heterocycles. The minimum absolute atomic E-state index is 0.601. The van der Waals surface area contributed by atoms with Crippen LogP contribution in [0.1, 0.15) is 10.4 Å². The second-order valence-electron chi connectivity index (χ2n) is 4.69. The number of benzene rings is 1. The van der Waals surface area contributed by atoms with E-state index in [9.17, 15) is 30.1 Å². The third-order valence-corrected chi connectivity index (χ3v) is 2.78. The lowest BCUT2D eigenvalue weighted by atomic mass is 10.2. The van der Waals surface area contributed by atoms with Crippen LogP contribution >= 0.6 is 0 Å². The van der Waals surface area contributed by atoms with Crippen molar-refractivity contribution in [2.45, 2.75) is 0 Å². The smallest absolute Gasteiger partial charge is 0.276 e. The Kier molecular flexibility index (Phi) is 6.30. The number of nitrogens with one attached hydrogen (secondary N) is 1. The molecule has 0 fully saturated rings. The Hall–Kier alpha value is -3.56. The number of carbonyl (C=O) groups is 1. The molecule has 2 rings (SSSR count). The summed E-state index contributed by atoms with van der Waals surface area (Å²) in [6, 6.07) is 6.12. The van der Waals surface area contributed by atoms with Crippen molar-refractivity contribution in [2.24, 2.45) is 0 Å². The zero-order valence-corrected chi connectivity index (χ0v) is 12.8. The first-order chi connectivity index (χ1) is 11.2. The number of non-ortho nitro benzene ring substituents is 2. The number of carboxylic acids is 1. The number of nitro groups is 2. The van der Waals surface area contributed by atoms with Gasteiger partial charge in [-0.2, -0.15) is 0 Å². The summed E-state index contributed by atoms with van der Waals surface area (Å²) in [5, 5.41) is 31.0. The van der Waals surface area contributed by atoms with Crippen molar-refractivity contribution in [1.82, 2.24) is 0 Å². The normalized spacial score (nSPS) is 9.42. The van der Waals surface area contributed by atoms with Crippen LogP contribution < -0.4 is 15.0 Å². The number of nitrogens with zero attached hydrogens (tertiary/aromatic N) is 3. The van der Waals surface area contributed by atoms with Gasteiger partial charge in [0.25, 0.3) is 11.4 Å². The maximum atomic E-state index is 10.4. The SMILES string of the molecule is CN(C)c1cc[nH+]cc1.O=C([O-])c1cc([N+](=O)[O-])cc([N+](=O)[O-])c1.